The number of nitrogens with zero attached hydrogens (tertiary/aromatic N) is 2. The number of halogens is 3. The van der Waals surface area contributed by atoms with Gasteiger partial charge in [0.2, 0.25) is 5.91 Å². The molecule has 0 aliphatic rings. The fourth-order valence-electron chi connectivity index (χ4n) is 3.04. The molecule has 0 bridgehead atoms. The molecule has 4 rings (SSSR count). The van der Waals surface area contributed by atoms with Crippen molar-refractivity contribution in [3.8, 4) is 11.1 Å². The third-order valence-corrected chi connectivity index (χ3v) is 4.41. The van der Waals surface area contributed by atoms with Crippen LogP contribution in [-0.4, -0.2) is 21.1 Å². The van der Waals surface area contributed by atoms with Crippen molar-refractivity contribution in [2.24, 2.45) is 5.73 Å². The fraction of sp³-hybridized carbons (Fsp3) is 0.0500. The molecule has 9 heteroatoms. The number of carbonyl (C=O) groups excluding carboxylic acids is 1. The van der Waals surface area contributed by atoms with Crippen molar-refractivity contribution in [3.63, 3.8) is 0 Å². The second-order valence-electron chi connectivity index (χ2n) is 6.32. The number of hydrogen-bond acceptors (Lipinski definition) is 4. The van der Waals surface area contributed by atoms with Gasteiger partial charge in [0.05, 0.1) is 17.3 Å². The van der Waals surface area contributed by atoms with Crippen LogP contribution in [0.2, 0.25) is 0 Å². The molecule has 0 atom stereocenters. The summed E-state index contributed by atoms with van der Waals surface area (Å²) >= 11 is 0. The van der Waals surface area contributed by atoms with Crippen LogP contribution in [-0.2, 0) is 6.18 Å². The molecular formula is C20H14F3N5O. The average molecular weight is 397 g/mol. The number of primary amides is 1. The summed E-state index contributed by atoms with van der Waals surface area (Å²) in [6.45, 7) is 0. The molecule has 29 heavy (non-hydrogen) atoms. The van der Waals surface area contributed by atoms with Crippen molar-refractivity contribution in [2.45, 2.75) is 6.18 Å². The highest BCUT2D eigenvalue weighted by atomic mass is 19.4. The van der Waals surface area contributed by atoms with Gasteiger partial charge in [-0.1, -0.05) is 6.07 Å². The predicted octanol–water partition coefficient (Wildman–Crippen LogP) is 4.49. The number of anilines is 2. The van der Waals surface area contributed by atoms with Gasteiger partial charge in [-0.05, 0) is 48.0 Å². The van der Waals surface area contributed by atoms with Crippen LogP contribution in [0.25, 0.3) is 22.0 Å². The molecule has 0 saturated heterocycles. The van der Waals surface area contributed by atoms with Gasteiger partial charge in [-0.2, -0.15) is 18.3 Å². The van der Waals surface area contributed by atoms with E-state index in [-0.39, 0.29) is 22.5 Å². The number of nitrogens with one attached hydrogen (secondary N) is 2. The van der Waals surface area contributed by atoms with Crippen LogP contribution in [0.3, 0.4) is 0 Å². The fourth-order valence-corrected chi connectivity index (χ4v) is 3.04. The van der Waals surface area contributed by atoms with Crippen LogP contribution >= 0.6 is 0 Å². The number of rotatable bonds is 4. The average Bonchev–Trinajstić information content (AvgIpc) is 3.15. The van der Waals surface area contributed by atoms with Gasteiger partial charge in [-0.3, -0.25) is 9.89 Å². The van der Waals surface area contributed by atoms with E-state index >= 15 is 0 Å². The van der Waals surface area contributed by atoms with Crippen LogP contribution in [0, 0.1) is 0 Å². The van der Waals surface area contributed by atoms with E-state index in [0.29, 0.717) is 5.69 Å². The summed E-state index contributed by atoms with van der Waals surface area (Å²) in [5, 5.41) is 10.7. The van der Waals surface area contributed by atoms with Gasteiger partial charge in [0.1, 0.15) is 5.82 Å². The van der Waals surface area contributed by atoms with E-state index < -0.39 is 17.6 Å². The topological polar surface area (TPSA) is 96.7 Å². The zero-order chi connectivity index (χ0) is 20.6. The summed E-state index contributed by atoms with van der Waals surface area (Å²) in [4.78, 5) is 15.5. The van der Waals surface area contributed by atoms with E-state index in [1.807, 2.05) is 6.07 Å². The summed E-state index contributed by atoms with van der Waals surface area (Å²) in [5.74, 6) is -0.692. The zero-order valence-electron chi connectivity index (χ0n) is 14.8. The van der Waals surface area contributed by atoms with Crippen LogP contribution in [0.4, 0.5) is 24.7 Å². The Bertz CT molecular complexity index is 1220. The van der Waals surface area contributed by atoms with Gasteiger partial charge in [0.15, 0.2) is 0 Å². The van der Waals surface area contributed by atoms with Crippen LogP contribution in [0.5, 0.6) is 0 Å². The van der Waals surface area contributed by atoms with E-state index in [4.69, 9.17) is 5.73 Å². The maximum Gasteiger partial charge on any atom is 0.417 e. The van der Waals surface area contributed by atoms with Crippen molar-refractivity contribution in [1.82, 2.24) is 15.2 Å². The second kappa shape index (κ2) is 6.93. The molecule has 0 fully saturated rings. The minimum atomic E-state index is -4.68. The number of pyridine rings is 1. The summed E-state index contributed by atoms with van der Waals surface area (Å²) < 4.78 is 41.0. The molecule has 2 heterocycles. The summed E-state index contributed by atoms with van der Waals surface area (Å²) in [6.07, 6.45) is -1.53. The lowest BCUT2D eigenvalue weighted by Crippen LogP contribution is -2.14. The first kappa shape index (κ1) is 18.5. The number of alkyl halides is 3. The molecule has 1 amide bonds. The molecular weight excluding hydrogens is 383 g/mol. The molecule has 0 aliphatic carbocycles. The number of benzene rings is 2. The molecule has 146 valence electrons. The van der Waals surface area contributed by atoms with Gasteiger partial charge >= 0.3 is 6.18 Å². The predicted molar refractivity (Wildman–Crippen MR) is 103 cm³/mol. The number of fused-ring (bicyclic) bond motifs is 1. The molecule has 0 saturated carbocycles. The van der Waals surface area contributed by atoms with Crippen molar-refractivity contribution < 1.29 is 18.0 Å². The molecule has 4 aromatic rings. The third kappa shape index (κ3) is 3.62. The molecule has 0 aliphatic heterocycles. The summed E-state index contributed by atoms with van der Waals surface area (Å²) in [7, 11) is 0. The highest BCUT2D eigenvalue weighted by Gasteiger charge is 2.35. The quantitative estimate of drug-likeness (QED) is 0.473. The minimum absolute atomic E-state index is 0.110. The number of aromatic nitrogens is 3. The van der Waals surface area contributed by atoms with E-state index in [1.54, 1.807) is 24.4 Å². The van der Waals surface area contributed by atoms with Crippen molar-refractivity contribution in [1.29, 1.82) is 0 Å². The zero-order valence-corrected chi connectivity index (χ0v) is 14.8. The Morgan fingerprint density at radius 2 is 1.90 bits per heavy atom. The first-order valence-electron chi connectivity index (χ1n) is 8.49. The number of hydrogen-bond donors (Lipinski definition) is 3. The van der Waals surface area contributed by atoms with Gasteiger partial charge in [-0.15, -0.1) is 0 Å². The minimum Gasteiger partial charge on any atom is -0.366 e. The number of nitrogens with two attached hydrogens (primary N) is 1. The Hall–Kier alpha value is -3.88. The number of aromatic amines is 1. The molecule has 4 N–H and O–H groups in total. The van der Waals surface area contributed by atoms with E-state index in [9.17, 15) is 18.0 Å². The maximum atomic E-state index is 13.7. The Kier molecular flexibility index (Phi) is 4.42. The lowest BCUT2D eigenvalue weighted by Gasteiger charge is -2.17. The number of amides is 1. The van der Waals surface area contributed by atoms with Gasteiger partial charge in [-0.25, -0.2) is 4.98 Å². The van der Waals surface area contributed by atoms with Crippen molar-refractivity contribution in [3.05, 3.63) is 72.1 Å². The van der Waals surface area contributed by atoms with Gasteiger partial charge < -0.3 is 11.1 Å². The molecule has 2 aromatic carbocycles. The van der Waals surface area contributed by atoms with Gasteiger partial charge in [0.25, 0.3) is 0 Å². The van der Waals surface area contributed by atoms with E-state index in [1.165, 1.54) is 24.4 Å². The largest absolute Gasteiger partial charge is 0.417 e. The third-order valence-electron chi connectivity index (χ3n) is 4.41. The number of carbonyl (C=O) groups is 1. The van der Waals surface area contributed by atoms with Crippen LogP contribution in [0.15, 0.2) is 60.9 Å². The Labute approximate surface area is 162 Å². The smallest absolute Gasteiger partial charge is 0.366 e. The summed E-state index contributed by atoms with van der Waals surface area (Å²) in [5.41, 5.74) is 5.49. The molecule has 2 aromatic heterocycles. The molecule has 0 unspecified atom stereocenters. The standard InChI is InChI=1S/C20H14F3N5O/c21-20(22,23)16-8-11(18(24)29)4-6-14(16)15-2-1-7-25-19(15)27-13-5-3-12-10-26-28-17(12)9-13/h1-10H,(H2,24,29)(H,25,27)(H,26,28). The second-order valence-corrected chi connectivity index (χ2v) is 6.32. The van der Waals surface area contributed by atoms with Gasteiger partial charge in [0, 0.05) is 28.4 Å². The lowest BCUT2D eigenvalue weighted by molar-refractivity contribution is -0.137. The van der Waals surface area contributed by atoms with Crippen LogP contribution in [0.1, 0.15) is 15.9 Å². The highest BCUT2D eigenvalue weighted by Crippen LogP contribution is 2.40. The normalized spacial score (nSPS) is 11.6. The van der Waals surface area contributed by atoms with Crippen molar-refractivity contribution in [2.75, 3.05) is 5.32 Å². The van der Waals surface area contributed by atoms with Crippen LogP contribution < -0.4 is 11.1 Å². The Morgan fingerprint density at radius 1 is 1.07 bits per heavy atom. The number of H-pyrrole nitrogens is 1. The first-order chi connectivity index (χ1) is 13.8. The SMILES string of the molecule is NC(=O)c1ccc(-c2cccnc2Nc2ccc3cn[nH]c3c2)c(C(F)(F)F)c1. The monoisotopic (exact) mass is 397 g/mol. The summed E-state index contributed by atoms with van der Waals surface area (Å²) in [6, 6.07) is 11.7. The Balaban J connectivity index is 1.81. The maximum absolute atomic E-state index is 13.7. The highest BCUT2D eigenvalue weighted by molar-refractivity contribution is 5.94. The molecule has 0 radical (unpaired) electrons. The Morgan fingerprint density at radius 3 is 2.66 bits per heavy atom. The first-order valence-corrected chi connectivity index (χ1v) is 8.49. The molecule has 6 nitrogen and oxygen atoms in total. The van der Waals surface area contributed by atoms with Crippen molar-refractivity contribution >= 4 is 28.3 Å². The van der Waals surface area contributed by atoms with E-state index in [0.717, 1.165) is 17.0 Å². The lowest BCUT2D eigenvalue weighted by atomic mass is 9.97. The van der Waals surface area contributed by atoms with E-state index in [2.05, 4.69) is 20.5 Å². The molecule has 0 spiro atoms.